The van der Waals surface area contributed by atoms with Crippen molar-refractivity contribution in [1.29, 1.82) is 0 Å². The van der Waals surface area contributed by atoms with E-state index in [-0.39, 0.29) is 24.2 Å². The van der Waals surface area contributed by atoms with Crippen molar-refractivity contribution in [2.75, 3.05) is 18.0 Å². The van der Waals surface area contributed by atoms with Crippen molar-refractivity contribution in [2.24, 2.45) is 11.3 Å². The van der Waals surface area contributed by atoms with Gasteiger partial charge in [0.1, 0.15) is 11.3 Å². The van der Waals surface area contributed by atoms with Gasteiger partial charge in [0, 0.05) is 48.5 Å². The SMILES string of the molecule is O=C(O)CC1CC2(C1)CN(c1nc(CCC(F)(F)F)cnc1-c1ccc3occc3c1)C2. The van der Waals surface area contributed by atoms with E-state index in [1.807, 2.05) is 24.3 Å². The molecule has 1 spiro atoms. The molecule has 2 aliphatic rings. The first kappa shape index (κ1) is 20.8. The summed E-state index contributed by atoms with van der Waals surface area (Å²) in [7, 11) is 0. The molecule has 1 aliphatic carbocycles. The van der Waals surface area contributed by atoms with Crippen LogP contribution in [0.3, 0.4) is 0 Å². The Balaban J connectivity index is 1.40. The zero-order chi connectivity index (χ0) is 22.5. The molecule has 1 N–H and O–H groups in total. The predicted molar refractivity (Wildman–Crippen MR) is 111 cm³/mol. The maximum absolute atomic E-state index is 12.7. The minimum atomic E-state index is -4.25. The number of carbonyl (C=O) groups is 1. The zero-order valence-corrected chi connectivity index (χ0v) is 17.2. The topological polar surface area (TPSA) is 79.5 Å². The Bertz CT molecular complexity index is 1160. The maximum Gasteiger partial charge on any atom is 0.389 e. The average molecular weight is 445 g/mol. The van der Waals surface area contributed by atoms with E-state index >= 15 is 0 Å². The molecule has 2 aromatic heterocycles. The van der Waals surface area contributed by atoms with Crippen molar-refractivity contribution >= 4 is 22.8 Å². The molecule has 1 aromatic carbocycles. The highest BCUT2D eigenvalue weighted by molar-refractivity contribution is 5.85. The third-order valence-corrected chi connectivity index (χ3v) is 6.45. The number of carboxylic acids is 1. The highest BCUT2D eigenvalue weighted by atomic mass is 19.4. The van der Waals surface area contributed by atoms with Gasteiger partial charge in [0.15, 0.2) is 5.82 Å². The summed E-state index contributed by atoms with van der Waals surface area (Å²) in [6, 6.07) is 7.49. The van der Waals surface area contributed by atoms with Crippen LogP contribution in [0.2, 0.25) is 0 Å². The standard InChI is InChI=1S/C23H22F3N3O3/c24-23(25,26)5-3-17-11-27-20(16-1-2-18-15(8-16)4-6-32-18)21(28-17)29-12-22(13-29)9-14(10-22)7-19(30)31/h1-2,4,6,8,11,14H,3,5,7,9-10,12-13H2,(H,30,31). The number of rotatable bonds is 6. The predicted octanol–water partition coefficient (Wildman–Crippen LogP) is 5.08. The van der Waals surface area contributed by atoms with Gasteiger partial charge in [-0.05, 0) is 49.4 Å². The second kappa shape index (κ2) is 7.50. The zero-order valence-electron chi connectivity index (χ0n) is 17.2. The minimum Gasteiger partial charge on any atom is -0.481 e. The number of aromatic nitrogens is 2. The Labute approximate surface area is 182 Å². The minimum absolute atomic E-state index is 0.0789. The normalized spacial score (nSPS) is 18.0. The van der Waals surface area contributed by atoms with E-state index in [4.69, 9.17) is 9.52 Å². The van der Waals surface area contributed by atoms with E-state index in [0.29, 0.717) is 30.3 Å². The average Bonchev–Trinajstić information content (AvgIpc) is 3.14. The van der Waals surface area contributed by atoms with Crippen molar-refractivity contribution in [3.05, 3.63) is 42.4 Å². The fraction of sp³-hybridized carbons (Fsp3) is 0.435. The molecule has 1 aliphatic heterocycles. The van der Waals surface area contributed by atoms with Crippen LogP contribution in [0, 0.1) is 11.3 Å². The maximum atomic E-state index is 12.7. The van der Waals surface area contributed by atoms with Gasteiger partial charge >= 0.3 is 12.1 Å². The summed E-state index contributed by atoms with van der Waals surface area (Å²) < 4.78 is 43.5. The fourth-order valence-electron chi connectivity index (χ4n) is 5.07. The van der Waals surface area contributed by atoms with Crippen LogP contribution in [0.1, 0.15) is 31.4 Å². The summed E-state index contributed by atoms with van der Waals surface area (Å²) in [5.41, 5.74) is 2.58. The van der Waals surface area contributed by atoms with Gasteiger partial charge in [0.2, 0.25) is 0 Å². The molecule has 0 unspecified atom stereocenters. The first-order chi connectivity index (χ1) is 15.2. The van der Waals surface area contributed by atoms with E-state index in [0.717, 1.165) is 29.4 Å². The number of alkyl halides is 3. The molecule has 1 saturated carbocycles. The number of furan rings is 1. The summed E-state index contributed by atoms with van der Waals surface area (Å²) in [5, 5.41) is 9.89. The molecule has 32 heavy (non-hydrogen) atoms. The van der Waals surface area contributed by atoms with Crippen LogP contribution in [0.15, 0.2) is 41.1 Å². The largest absolute Gasteiger partial charge is 0.481 e. The highest BCUT2D eigenvalue weighted by Crippen LogP contribution is 2.54. The number of aliphatic carboxylic acids is 1. The molecule has 9 heteroatoms. The van der Waals surface area contributed by atoms with Gasteiger partial charge in [0.05, 0.1) is 12.0 Å². The molecule has 0 radical (unpaired) electrons. The number of aryl methyl sites for hydroxylation is 1. The lowest BCUT2D eigenvalue weighted by Crippen LogP contribution is -2.63. The summed E-state index contributed by atoms with van der Waals surface area (Å²) >= 11 is 0. The molecule has 3 aromatic rings. The van der Waals surface area contributed by atoms with Crippen LogP contribution in [0.4, 0.5) is 19.0 Å². The monoisotopic (exact) mass is 445 g/mol. The number of anilines is 1. The first-order valence-corrected chi connectivity index (χ1v) is 10.6. The van der Waals surface area contributed by atoms with E-state index in [1.54, 1.807) is 6.26 Å². The fourth-order valence-corrected chi connectivity index (χ4v) is 5.07. The Hall–Kier alpha value is -3.10. The molecule has 3 heterocycles. The third-order valence-electron chi connectivity index (χ3n) is 6.45. The van der Waals surface area contributed by atoms with E-state index in [1.165, 1.54) is 6.20 Å². The number of benzene rings is 1. The van der Waals surface area contributed by atoms with E-state index in [2.05, 4.69) is 14.9 Å². The van der Waals surface area contributed by atoms with Crippen molar-refractivity contribution in [1.82, 2.24) is 9.97 Å². The third kappa shape index (κ3) is 4.03. The molecule has 0 amide bonds. The van der Waals surface area contributed by atoms with Crippen LogP contribution < -0.4 is 4.90 Å². The van der Waals surface area contributed by atoms with Gasteiger partial charge in [-0.3, -0.25) is 9.78 Å². The molecular weight excluding hydrogens is 423 g/mol. The summed E-state index contributed by atoms with van der Waals surface area (Å²) in [6.45, 7) is 1.42. The number of carboxylic acid groups (broad SMARTS) is 1. The van der Waals surface area contributed by atoms with Crippen molar-refractivity contribution in [2.45, 2.75) is 38.3 Å². The van der Waals surface area contributed by atoms with Crippen molar-refractivity contribution in [3.8, 4) is 11.3 Å². The number of fused-ring (bicyclic) bond motifs is 1. The van der Waals surface area contributed by atoms with Gasteiger partial charge in [-0.1, -0.05) is 0 Å². The summed E-state index contributed by atoms with van der Waals surface area (Å²) in [5.74, 6) is 0.00263. The van der Waals surface area contributed by atoms with E-state index in [9.17, 15) is 18.0 Å². The number of halogens is 3. The Morgan fingerprint density at radius 1 is 1.25 bits per heavy atom. The van der Waals surface area contributed by atoms with Gasteiger partial charge in [-0.25, -0.2) is 4.98 Å². The van der Waals surface area contributed by atoms with Crippen LogP contribution >= 0.6 is 0 Å². The molecule has 0 bridgehead atoms. The van der Waals surface area contributed by atoms with Gasteiger partial charge in [-0.2, -0.15) is 13.2 Å². The van der Waals surface area contributed by atoms with Crippen LogP contribution in [-0.2, 0) is 11.2 Å². The summed E-state index contributed by atoms with van der Waals surface area (Å²) in [6.07, 6.45) is -0.493. The molecule has 0 atom stereocenters. The van der Waals surface area contributed by atoms with E-state index < -0.39 is 18.6 Å². The van der Waals surface area contributed by atoms with Crippen molar-refractivity contribution in [3.63, 3.8) is 0 Å². The highest BCUT2D eigenvalue weighted by Gasteiger charge is 2.53. The molecule has 168 valence electrons. The second-order valence-corrected chi connectivity index (χ2v) is 9.05. The van der Waals surface area contributed by atoms with Gasteiger partial charge in [0.25, 0.3) is 0 Å². The van der Waals surface area contributed by atoms with Crippen LogP contribution in [0.5, 0.6) is 0 Å². The Kier molecular flexibility index (Phi) is 4.87. The quantitative estimate of drug-likeness (QED) is 0.570. The lowest BCUT2D eigenvalue weighted by molar-refractivity contribution is -0.140. The molecule has 6 nitrogen and oxygen atoms in total. The lowest BCUT2D eigenvalue weighted by Gasteiger charge is -2.59. The van der Waals surface area contributed by atoms with Gasteiger partial charge in [-0.15, -0.1) is 0 Å². The Morgan fingerprint density at radius 3 is 2.75 bits per heavy atom. The number of nitrogens with zero attached hydrogens (tertiary/aromatic N) is 3. The first-order valence-electron chi connectivity index (χ1n) is 10.6. The van der Waals surface area contributed by atoms with Crippen molar-refractivity contribution < 1.29 is 27.5 Å². The summed E-state index contributed by atoms with van der Waals surface area (Å²) in [4.78, 5) is 22.1. The molecule has 1 saturated heterocycles. The van der Waals surface area contributed by atoms with Crippen LogP contribution in [-0.4, -0.2) is 40.3 Å². The molecule has 2 fully saturated rings. The Morgan fingerprint density at radius 2 is 2.03 bits per heavy atom. The number of hydrogen-bond donors (Lipinski definition) is 1. The van der Waals surface area contributed by atoms with Crippen LogP contribution in [0.25, 0.3) is 22.2 Å². The lowest BCUT2D eigenvalue weighted by atomic mass is 9.57. The second-order valence-electron chi connectivity index (χ2n) is 9.05. The van der Waals surface area contributed by atoms with Gasteiger partial charge < -0.3 is 14.4 Å². The molecular formula is C23H22F3N3O3. The number of hydrogen-bond acceptors (Lipinski definition) is 5. The molecule has 5 rings (SSSR count). The smallest absolute Gasteiger partial charge is 0.389 e.